The third-order valence-electron chi connectivity index (χ3n) is 3.19. The minimum atomic E-state index is 0.0683. The van der Waals surface area contributed by atoms with Crippen LogP contribution in [-0.2, 0) is 4.74 Å². The summed E-state index contributed by atoms with van der Waals surface area (Å²) in [5.41, 5.74) is 6.72. The molecule has 2 aromatic heterocycles. The van der Waals surface area contributed by atoms with Gasteiger partial charge in [0.05, 0.1) is 18.4 Å². The third kappa shape index (κ3) is 1.93. The van der Waals surface area contributed by atoms with Crippen molar-refractivity contribution in [3.63, 3.8) is 0 Å². The minimum Gasteiger partial charge on any atom is -0.370 e. The Bertz CT molecular complexity index is 540. The lowest BCUT2D eigenvalue weighted by Gasteiger charge is -2.37. The summed E-state index contributed by atoms with van der Waals surface area (Å²) in [6, 6.07) is 1.97. The van der Waals surface area contributed by atoms with Crippen molar-refractivity contribution in [2.75, 3.05) is 24.5 Å². The molecule has 0 aromatic carbocycles. The van der Waals surface area contributed by atoms with Crippen molar-refractivity contribution < 1.29 is 4.74 Å². The van der Waals surface area contributed by atoms with E-state index in [0.29, 0.717) is 6.54 Å². The Morgan fingerprint density at radius 2 is 2.33 bits per heavy atom. The number of rotatable bonds is 2. The summed E-state index contributed by atoms with van der Waals surface area (Å²) in [6.45, 7) is 4.20. The summed E-state index contributed by atoms with van der Waals surface area (Å²) in [7, 11) is 0. The largest absolute Gasteiger partial charge is 0.370 e. The Morgan fingerprint density at radius 1 is 1.44 bits per heavy atom. The maximum Gasteiger partial charge on any atom is 0.154 e. The van der Waals surface area contributed by atoms with Crippen LogP contribution in [0.4, 0.5) is 5.82 Å². The van der Waals surface area contributed by atoms with Crippen LogP contribution in [0.25, 0.3) is 5.52 Å². The standard InChI is InChI=1S/C12H17N5O/c1-9-7-16(8-10(6-13)18-9)12-11-2-3-15-17(11)5-4-14-12/h2-5,9-10H,6-8,13H2,1H3. The van der Waals surface area contributed by atoms with Crippen LogP contribution < -0.4 is 10.6 Å². The first-order chi connectivity index (χ1) is 8.78. The van der Waals surface area contributed by atoms with Gasteiger partial charge in [-0.3, -0.25) is 0 Å². The lowest BCUT2D eigenvalue weighted by Crippen LogP contribution is -2.49. The summed E-state index contributed by atoms with van der Waals surface area (Å²) in [6.07, 6.45) is 5.64. The summed E-state index contributed by atoms with van der Waals surface area (Å²) in [5, 5.41) is 4.23. The number of nitrogens with two attached hydrogens (primary N) is 1. The second kappa shape index (κ2) is 4.55. The molecule has 1 fully saturated rings. The fourth-order valence-corrected chi connectivity index (χ4v) is 2.44. The third-order valence-corrected chi connectivity index (χ3v) is 3.19. The Hall–Kier alpha value is -1.66. The van der Waals surface area contributed by atoms with Crippen molar-refractivity contribution in [3.8, 4) is 0 Å². The molecule has 18 heavy (non-hydrogen) atoms. The second-order valence-electron chi connectivity index (χ2n) is 4.62. The van der Waals surface area contributed by atoms with Crippen LogP contribution >= 0.6 is 0 Å². The van der Waals surface area contributed by atoms with Crippen LogP contribution in [0.2, 0.25) is 0 Å². The molecule has 96 valence electrons. The first-order valence-electron chi connectivity index (χ1n) is 6.16. The van der Waals surface area contributed by atoms with Gasteiger partial charge in [-0.05, 0) is 13.0 Å². The molecule has 6 heteroatoms. The zero-order valence-corrected chi connectivity index (χ0v) is 10.4. The fourth-order valence-electron chi connectivity index (χ4n) is 2.44. The number of morpholine rings is 1. The fraction of sp³-hybridized carbons (Fsp3) is 0.500. The van der Waals surface area contributed by atoms with Crippen LogP contribution in [0.3, 0.4) is 0 Å². The predicted molar refractivity (Wildman–Crippen MR) is 68.6 cm³/mol. The normalized spacial score (nSPS) is 24.7. The average molecular weight is 247 g/mol. The van der Waals surface area contributed by atoms with Crippen LogP contribution in [-0.4, -0.2) is 46.4 Å². The topological polar surface area (TPSA) is 68.7 Å². The highest BCUT2D eigenvalue weighted by molar-refractivity contribution is 5.68. The zero-order chi connectivity index (χ0) is 12.5. The molecule has 2 N–H and O–H groups in total. The molecule has 0 bridgehead atoms. The minimum absolute atomic E-state index is 0.0683. The van der Waals surface area contributed by atoms with E-state index >= 15 is 0 Å². The molecule has 3 heterocycles. The molecule has 1 aliphatic heterocycles. The van der Waals surface area contributed by atoms with E-state index in [1.807, 2.05) is 16.8 Å². The van der Waals surface area contributed by atoms with Gasteiger partial charge in [0, 0.05) is 32.0 Å². The average Bonchev–Trinajstić information content (AvgIpc) is 2.85. The summed E-state index contributed by atoms with van der Waals surface area (Å²) >= 11 is 0. The van der Waals surface area contributed by atoms with Crippen molar-refractivity contribution in [2.24, 2.45) is 5.73 Å². The quantitative estimate of drug-likeness (QED) is 0.825. The molecule has 0 radical (unpaired) electrons. The molecule has 3 rings (SSSR count). The molecule has 0 aliphatic carbocycles. The first kappa shape index (κ1) is 11.4. The summed E-state index contributed by atoms with van der Waals surface area (Å²) in [5.74, 6) is 0.948. The van der Waals surface area contributed by atoms with Gasteiger partial charge in [0.1, 0.15) is 5.52 Å². The Kier molecular flexibility index (Phi) is 2.89. The number of hydrogen-bond donors (Lipinski definition) is 1. The van der Waals surface area contributed by atoms with Gasteiger partial charge in [0.15, 0.2) is 5.82 Å². The van der Waals surface area contributed by atoms with E-state index in [1.54, 1.807) is 12.4 Å². The van der Waals surface area contributed by atoms with Gasteiger partial charge >= 0.3 is 0 Å². The molecule has 2 atom stereocenters. The number of ether oxygens (including phenoxy) is 1. The number of fused-ring (bicyclic) bond motifs is 1. The number of anilines is 1. The van der Waals surface area contributed by atoms with Crippen molar-refractivity contribution in [1.29, 1.82) is 0 Å². The maximum atomic E-state index is 5.76. The highest BCUT2D eigenvalue weighted by atomic mass is 16.5. The molecule has 2 unspecified atom stereocenters. The second-order valence-corrected chi connectivity index (χ2v) is 4.62. The first-order valence-corrected chi connectivity index (χ1v) is 6.16. The molecule has 2 aromatic rings. The van der Waals surface area contributed by atoms with Gasteiger partial charge in [-0.25, -0.2) is 9.50 Å². The monoisotopic (exact) mass is 247 g/mol. The maximum absolute atomic E-state index is 5.76. The van der Waals surface area contributed by atoms with Gasteiger partial charge in [-0.15, -0.1) is 0 Å². The van der Waals surface area contributed by atoms with Gasteiger partial charge in [0.25, 0.3) is 0 Å². The molecule has 1 aliphatic rings. The van der Waals surface area contributed by atoms with Crippen LogP contribution in [0.5, 0.6) is 0 Å². The van der Waals surface area contributed by atoms with Crippen LogP contribution in [0.15, 0.2) is 24.7 Å². The van der Waals surface area contributed by atoms with E-state index in [-0.39, 0.29) is 12.2 Å². The van der Waals surface area contributed by atoms with E-state index in [4.69, 9.17) is 10.5 Å². The highest BCUT2D eigenvalue weighted by Crippen LogP contribution is 2.22. The number of hydrogen-bond acceptors (Lipinski definition) is 5. The smallest absolute Gasteiger partial charge is 0.154 e. The highest BCUT2D eigenvalue weighted by Gasteiger charge is 2.26. The zero-order valence-electron chi connectivity index (χ0n) is 10.4. The number of aromatic nitrogens is 3. The molecule has 0 saturated carbocycles. The van der Waals surface area contributed by atoms with Gasteiger partial charge in [-0.2, -0.15) is 5.10 Å². The van der Waals surface area contributed by atoms with E-state index in [0.717, 1.165) is 24.4 Å². The van der Waals surface area contributed by atoms with E-state index in [1.165, 1.54) is 0 Å². The van der Waals surface area contributed by atoms with E-state index in [9.17, 15) is 0 Å². The molecular formula is C12H17N5O. The molecular weight excluding hydrogens is 230 g/mol. The van der Waals surface area contributed by atoms with Gasteiger partial charge in [0.2, 0.25) is 0 Å². The lowest BCUT2D eigenvalue weighted by atomic mass is 10.2. The van der Waals surface area contributed by atoms with Gasteiger partial charge in [-0.1, -0.05) is 0 Å². The SMILES string of the molecule is CC1CN(c2nccn3nccc23)CC(CN)O1. The Balaban J connectivity index is 1.96. The Labute approximate surface area is 105 Å². The predicted octanol–water partition coefficient (Wildman–Crippen LogP) is 0.282. The van der Waals surface area contributed by atoms with Crippen molar-refractivity contribution >= 4 is 11.3 Å². The van der Waals surface area contributed by atoms with Crippen molar-refractivity contribution in [1.82, 2.24) is 14.6 Å². The summed E-state index contributed by atoms with van der Waals surface area (Å²) < 4.78 is 7.60. The van der Waals surface area contributed by atoms with Crippen molar-refractivity contribution in [2.45, 2.75) is 19.1 Å². The molecule has 6 nitrogen and oxygen atoms in total. The molecule has 0 amide bonds. The van der Waals surface area contributed by atoms with Crippen LogP contribution in [0, 0.1) is 0 Å². The lowest BCUT2D eigenvalue weighted by molar-refractivity contribution is -0.0106. The van der Waals surface area contributed by atoms with Crippen LogP contribution in [0.1, 0.15) is 6.92 Å². The number of nitrogens with zero attached hydrogens (tertiary/aromatic N) is 4. The molecule has 1 saturated heterocycles. The van der Waals surface area contributed by atoms with E-state index in [2.05, 4.69) is 21.9 Å². The van der Waals surface area contributed by atoms with E-state index < -0.39 is 0 Å². The Morgan fingerprint density at radius 3 is 3.17 bits per heavy atom. The van der Waals surface area contributed by atoms with Crippen molar-refractivity contribution in [3.05, 3.63) is 24.7 Å². The summed E-state index contributed by atoms with van der Waals surface area (Å²) in [4.78, 5) is 6.70. The molecule has 0 spiro atoms. The van der Waals surface area contributed by atoms with Gasteiger partial charge < -0.3 is 15.4 Å².